The van der Waals surface area contributed by atoms with E-state index in [2.05, 4.69) is 26.0 Å². The van der Waals surface area contributed by atoms with E-state index in [0.717, 1.165) is 26.2 Å². The van der Waals surface area contributed by atoms with Crippen molar-refractivity contribution >= 4 is 25.7 Å². The molecule has 3 atom stereocenters. The molecule has 0 aromatic rings. The lowest BCUT2D eigenvalue weighted by Crippen LogP contribution is -2.43. The smallest absolute Gasteiger partial charge is 0.472 e. The molecule has 42 heavy (non-hydrogen) atoms. The number of aliphatic hydroxyl groups excluding tert-OH is 1. The lowest BCUT2D eigenvalue weighted by molar-refractivity contribution is -0.144. The minimum absolute atomic E-state index is 0.151. The van der Waals surface area contributed by atoms with Crippen LogP contribution in [0.25, 0.3) is 0 Å². The number of carboxylic acids is 1. The third-order valence-corrected chi connectivity index (χ3v) is 7.90. The minimum Gasteiger partial charge on any atom is -0.480 e. The molecule has 0 aromatic carbocycles. The van der Waals surface area contributed by atoms with Gasteiger partial charge in [-0.25, -0.2) is 9.36 Å². The summed E-state index contributed by atoms with van der Waals surface area (Å²) < 4.78 is 25.7. The molecule has 1 amide bonds. The lowest BCUT2D eigenvalue weighted by Gasteiger charge is -2.18. The van der Waals surface area contributed by atoms with E-state index in [1.54, 1.807) is 0 Å². The summed E-state index contributed by atoms with van der Waals surface area (Å²) in [6.45, 7) is 1.48. The van der Waals surface area contributed by atoms with Gasteiger partial charge < -0.3 is 25.2 Å². The maximum atomic E-state index is 12.1. The number of aliphatic hydroxyl groups is 1. The number of unbranched alkanes of at least 4 members (excludes halogenated alkanes) is 18. The fourth-order valence-corrected chi connectivity index (χ4v) is 5.23. The number of hydrogen-bond acceptors (Lipinski definition) is 8. The van der Waals surface area contributed by atoms with Gasteiger partial charge in [0.05, 0.1) is 13.2 Å². The predicted octanol–water partition coefficient (Wildman–Crippen LogP) is 6.44. The molecule has 0 radical (unpaired) electrons. The van der Waals surface area contributed by atoms with Crippen molar-refractivity contribution < 1.29 is 47.8 Å². The monoisotopic (exact) mass is 623 g/mol. The van der Waals surface area contributed by atoms with Gasteiger partial charge in [-0.05, 0) is 6.42 Å². The zero-order valence-corrected chi connectivity index (χ0v) is 27.0. The molecule has 248 valence electrons. The molecule has 0 aliphatic rings. The van der Waals surface area contributed by atoms with E-state index in [9.17, 15) is 34.1 Å². The standard InChI is InChI=1S/C30H58NO10P/c1-3-4-5-6-7-8-9-10-11-12-13-14-15-16-17-18-19-20-21-22-29(34)31-28(30(35)36)25-41-42(37,38)40-24-27(33)23-39-26(2)32/h27-28,33H,3-25H2,1-2H3,(H,31,34)(H,35,36)(H,37,38). The predicted molar refractivity (Wildman–Crippen MR) is 162 cm³/mol. The highest BCUT2D eigenvalue weighted by Crippen LogP contribution is 2.43. The Balaban J connectivity index is 3.76. The number of aliphatic carboxylic acids is 1. The van der Waals surface area contributed by atoms with E-state index in [4.69, 9.17) is 0 Å². The Hall–Kier alpha value is -1.52. The van der Waals surface area contributed by atoms with Crippen molar-refractivity contribution in [2.24, 2.45) is 0 Å². The van der Waals surface area contributed by atoms with Crippen molar-refractivity contribution in [3.63, 3.8) is 0 Å². The van der Waals surface area contributed by atoms with Crippen LogP contribution >= 0.6 is 7.82 Å². The second-order valence-electron chi connectivity index (χ2n) is 11.1. The molecule has 0 aliphatic carbocycles. The summed E-state index contributed by atoms with van der Waals surface area (Å²) in [5.74, 6) is -2.55. The summed E-state index contributed by atoms with van der Waals surface area (Å²) >= 11 is 0. The average molecular weight is 624 g/mol. The molecule has 0 spiro atoms. The molecular formula is C30H58NO10P. The summed E-state index contributed by atoms with van der Waals surface area (Å²) in [6, 6.07) is -1.53. The molecule has 0 aliphatic heterocycles. The van der Waals surface area contributed by atoms with Crippen LogP contribution in [0.5, 0.6) is 0 Å². The van der Waals surface area contributed by atoms with Crippen molar-refractivity contribution in [2.45, 2.75) is 154 Å². The highest BCUT2D eigenvalue weighted by molar-refractivity contribution is 7.47. The number of carboxylic acid groups (broad SMARTS) is 1. The number of nitrogens with one attached hydrogen (secondary N) is 1. The second-order valence-corrected chi connectivity index (χ2v) is 12.5. The zero-order chi connectivity index (χ0) is 31.5. The van der Waals surface area contributed by atoms with Crippen LogP contribution in [0.2, 0.25) is 0 Å². The summed E-state index contributed by atoms with van der Waals surface area (Å²) in [5, 5.41) is 21.1. The SMILES string of the molecule is CCCCCCCCCCCCCCCCCCCCCC(=O)NC(COP(=O)(O)OCC(O)COC(C)=O)C(=O)O. The first-order valence-corrected chi connectivity index (χ1v) is 17.5. The highest BCUT2D eigenvalue weighted by atomic mass is 31.2. The zero-order valence-electron chi connectivity index (χ0n) is 26.1. The number of carbonyl (C=O) groups excluding carboxylic acids is 2. The molecule has 0 rings (SSSR count). The van der Waals surface area contributed by atoms with Gasteiger partial charge in [-0.1, -0.05) is 122 Å². The second kappa shape index (κ2) is 27.1. The van der Waals surface area contributed by atoms with Crippen molar-refractivity contribution in [2.75, 3.05) is 19.8 Å². The van der Waals surface area contributed by atoms with Crippen LogP contribution in [0.1, 0.15) is 142 Å². The van der Waals surface area contributed by atoms with Crippen LogP contribution in [0.15, 0.2) is 0 Å². The van der Waals surface area contributed by atoms with Crippen molar-refractivity contribution in [1.82, 2.24) is 5.32 Å². The Morgan fingerprint density at radius 2 is 1.10 bits per heavy atom. The Labute approximate surface area is 253 Å². The Morgan fingerprint density at radius 1 is 0.690 bits per heavy atom. The summed E-state index contributed by atoms with van der Waals surface area (Å²) in [7, 11) is -4.70. The van der Waals surface area contributed by atoms with E-state index in [-0.39, 0.29) is 6.42 Å². The van der Waals surface area contributed by atoms with Gasteiger partial charge in [-0.15, -0.1) is 0 Å². The molecule has 0 heterocycles. The van der Waals surface area contributed by atoms with E-state index in [1.165, 1.54) is 96.3 Å². The number of amides is 1. The molecule has 0 saturated heterocycles. The van der Waals surface area contributed by atoms with Gasteiger partial charge in [-0.2, -0.15) is 0 Å². The van der Waals surface area contributed by atoms with E-state index in [0.29, 0.717) is 6.42 Å². The normalized spacial score (nSPS) is 14.2. The van der Waals surface area contributed by atoms with Gasteiger partial charge in [0.1, 0.15) is 12.7 Å². The number of rotatable bonds is 30. The highest BCUT2D eigenvalue weighted by Gasteiger charge is 2.28. The van der Waals surface area contributed by atoms with Crippen LogP contribution in [-0.4, -0.2) is 64.9 Å². The topological polar surface area (TPSA) is 169 Å². The number of esters is 1. The third kappa shape index (κ3) is 27.3. The molecule has 4 N–H and O–H groups in total. The Kier molecular flexibility index (Phi) is 26.1. The first kappa shape index (κ1) is 40.5. The third-order valence-electron chi connectivity index (χ3n) is 6.95. The van der Waals surface area contributed by atoms with E-state index >= 15 is 0 Å². The number of ether oxygens (including phenoxy) is 1. The van der Waals surface area contributed by atoms with Crippen LogP contribution < -0.4 is 5.32 Å². The van der Waals surface area contributed by atoms with Crippen LogP contribution in [0, 0.1) is 0 Å². The number of phosphoric ester groups is 1. The van der Waals surface area contributed by atoms with Gasteiger partial charge in [0.15, 0.2) is 6.04 Å². The maximum absolute atomic E-state index is 12.1. The number of hydrogen-bond donors (Lipinski definition) is 4. The molecular weight excluding hydrogens is 565 g/mol. The summed E-state index contributed by atoms with van der Waals surface area (Å²) in [4.78, 5) is 43.9. The van der Waals surface area contributed by atoms with E-state index in [1.807, 2.05) is 0 Å². The maximum Gasteiger partial charge on any atom is 0.472 e. The molecule has 12 heteroatoms. The van der Waals surface area contributed by atoms with Gasteiger partial charge >= 0.3 is 19.8 Å². The molecule has 3 unspecified atom stereocenters. The molecule has 0 fully saturated rings. The lowest BCUT2D eigenvalue weighted by atomic mass is 10.0. The van der Waals surface area contributed by atoms with Gasteiger partial charge in [-0.3, -0.25) is 18.6 Å². The minimum atomic E-state index is -4.70. The average Bonchev–Trinajstić information content (AvgIpc) is 2.94. The van der Waals surface area contributed by atoms with E-state index < -0.39 is 57.6 Å². The first-order chi connectivity index (χ1) is 20.1. The number of phosphoric acid groups is 1. The largest absolute Gasteiger partial charge is 0.480 e. The number of carbonyl (C=O) groups is 3. The molecule has 0 bridgehead atoms. The van der Waals surface area contributed by atoms with Crippen LogP contribution in [0.3, 0.4) is 0 Å². The molecule has 0 saturated carbocycles. The Morgan fingerprint density at radius 3 is 1.50 bits per heavy atom. The fraction of sp³-hybridized carbons (Fsp3) is 0.900. The van der Waals surface area contributed by atoms with Crippen LogP contribution in [-0.2, 0) is 32.7 Å². The Bertz CT molecular complexity index is 752. The summed E-state index contributed by atoms with van der Waals surface area (Å²) in [5.41, 5.74) is 0. The molecule has 11 nitrogen and oxygen atoms in total. The van der Waals surface area contributed by atoms with Gasteiger partial charge in [0, 0.05) is 13.3 Å². The molecule has 0 aromatic heterocycles. The quantitative estimate of drug-likeness (QED) is 0.0397. The van der Waals surface area contributed by atoms with Gasteiger partial charge in [0.25, 0.3) is 0 Å². The fourth-order valence-electron chi connectivity index (χ4n) is 4.45. The van der Waals surface area contributed by atoms with Crippen molar-refractivity contribution in [3.8, 4) is 0 Å². The summed E-state index contributed by atoms with van der Waals surface area (Å²) in [6.07, 6.45) is 22.5. The first-order valence-electron chi connectivity index (χ1n) is 16.0. The van der Waals surface area contributed by atoms with Crippen LogP contribution in [0.4, 0.5) is 0 Å². The van der Waals surface area contributed by atoms with Crippen molar-refractivity contribution in [1.29, 1.82) is 0 Å². The van der Waals surface area contributed by atoms with Crippen molar-refractivity contribution in [3.05, 3.63) is 0 Å². The van der Waals surface area contributed by atoms with Gasteiger partial charge in [0.2, 0.25) is 5.91 Å².